The van der Waals surface area contributed by atoms with Crippen molar-refractivity contribution < 1.29 is 13.9 Å². The van der Waals surface area contributed by atoms with Crippen molar-refractivity contribution in [2.24, 2.45) is 0 Å². The summed E-state index contributed by atoms with van der Waals surface area (Å²) in [5.41, 5.74) is 6.05. The van der Waals surface area contributed by atoms with Crippen LogP contribution in [0.3, 0.4) is 0 Å². The third-order valence-electron chi connectivity index (χ3n) is 6.37. The van der Waals surface area contributed by atoms with Crippen LogP contribution in [0.25, 0.3) is 11.8 Å². The molecular weight excluding hydrogens is 453 g/mol. The molecular formula is C27H27ClFN3O2. The molecule has 2 aliphatic heterocycles. The minimum absolute atomic E-state index is 0.00652. The summed E-state index contributed by atoms with van der Waals surface area (Å²) < 4.78 is 27.6. The average Bonchev–Trinajstić information content (AvgIpc) is 3.12. The Morgan fingerprint density at radius 3 is 2.88 bits per heavy atom. The van der Waals surface area contributed by atoms with Crippen LogP contribution in [-0.4, -0.2) is 34.7 Å². The fraction of sp³-hybridized carbons (Fsp3) is 0.296. The SMILES string of the molecule is COc1cc(C=C2CCCN3C2=COCCC3c2cc(F)cc(Cl)c2)ccc1-n1cnc(C)c1. The second-order valence-corrected chi connectivity index (χ2v) is 9.14. The van der Waals surface area contributed by atoms with E-state index in [9.17, 15) is 4.39 Å². The van der Waals surface area contributed by atoms with Crippen LogP contribution in [0.4, 0.5) is 4.39 Å². The van der Waals surface area contributed by atoms with E-state index in [1.54, 1.807) is 19.5 Å². The molecule has 0 aliphatic carbocycles. The minimum atomic E-state index is -0.314. The molecule has 5 rings (SSSR count). The van der Waals surface area contributed by atoms with Crippen molar-refractivity contribution in [1.29, 1.82) is 0 Å². The number of methoxy groups -OCH3 is 1. The topological polar surface area (TPSA) is 39.5 Å². The number of halogens is 2. The van der Waals surface area contributed by atoms with Gasteiger partial charge in [-0.1, -0.05) is 17.7 Å². The van der Waals surface area contributed by atoms with E-state index < -0.39 is 0 Å². The standard InChI is InChI=1S/C27H27ClFN3O2/c1-18-15-31(17-30-18)25-6-5-19(11-27(25)33-2)10-20-4-3-8-32-24(7-9-34-16-26(20)32)21-12-22(28)14-23(29)13-21/h5-6,10-17,24H,3-4,7-9H2,1-2H3. The van der Waals surface area contributed by atoms with Crippen LogP contribution in [-0.2, 0) is 4.74 Å². The number of ether oxygens (including phenoxy) is 2. The van der Waals surface area contributed by atoms with Crippen molar-refractivity contribution >= 4 is 17.7 Å². The quantitative estimate of drug-likeness (QED) is 0.430. The molecule has 0 N–H and O–H groups in total. The Bertz CT molecular complexity index is 1250. The number of imidazole rings is 1. The lowest BCUT2D eigenvalue weighted by Crippen LogP contribution is -2.33. The number of fused-ring (bicyclic) bond motifs is 1. The van der Waals surface area contributed by atoms with Gasteiger partial charge in [0.2, 0.25) is 0 Å². The number of piperidine rings is 1. The molecule has 0 bridgehead atoms. The number of aryl methyl sites for hydroxylation is 1. The van der Waals surface area contributed by atoms with Gasteiger partial charge in [-0.3, -0.25) is 0 Å². The van der Waals surface area contributed by atoms with E-state index in [2.05, 4.69) is 22.0 Å². The molecule has 1 atom stereocenters. The lowest BCUT2D eigenvalue weighted by molar-refractivity contribution is 0.210. The Kier molecular flexibility index (Phi) is 6.33. The van der Waals surface area contributed by atoms with E-state index >= 15 is 0 Å². The molecule has 3 heterocycles. The van der Waals surface area contributed by atoms with Crippen LogP contribution >= 0.6 is 11.6 Å². The summed E-state index contributed by atoms with van der Waals surface area (Å²) in [7, 11) is 1.68. The van der Waals surface area contributed by atoms with Gasteiger partial charge < -0.3 is 18.9 Å². The van der Waals surface area contributed by atoms with Crippen LogP contribution in [0.2, 0.25) is 5.02 Å². The fourth-order valence-corrected chi connectivity index (χ4v) is 5.06. The van der Waals surface area contributed by atoms with Crippen molar-refractivity contribution in [3.8, 4) is 11.4 Å². The monoisotopic (exact) mass is 479 g/mol. The Morgan fingerprint density at radius 1 is 1.24 bits per heavy atom. The smallest absolute Gasteiger partial charge is 0.143 e. The molecule has 5 nitrogen and oxygen atoms in total. The van der Waals surface area contributed by atoms with E-state index in [1.807, 2.05) is 42.1 Å². The van der Waals surface area contributed by atoms with E-state index in [1.165, 1.54) is 11.6 Å². The van der Waals surface area contributed by atoms with Gasteiger partial charge in [-0.15, -0.1) is 0 Å². The van der Waals surface area contributed by atoms with Gasteiger partial charge in [-0.25, -0.2) is 9.37 Å². The van der Waals surface area contributed by atoms with Gasteiger partial charge >= 0.3 is 0 Å². The van der Waals surface area contributed by atoms with E-state index in [4.69, 9.17) is 21.1 Å². The predicted octanol–water partition coefficient (Wildman–Crippen LogP) is 6.46. The largest absolute Gasteiger partial charge is 0.499 e. The number of rotatable bonds is 4. The lowest BCUT2D eigenvalue weighted by atomic mass is 9.94. The zero-order valence-corrected chi connectivity index (χ0v) is 20.1. The third-order valence-corrected chi connectivity index (χ3v) is 6.59. The maximum absolute atomic E-state index is 14.1. The maximum atomic E-state index is 14.1. The van der Waals surface area contributed by atoms with Gasteiger partial charge in [-0.05, 0) is 72.9 Å². The summed E-state index contributed by atoms with van der Waals surface area (Å²) in [4.78, 5) is 6.64. The molecule has 176 valence electrons. The zero-order chi connectivity index (χ0) is 23.7. The molecule has 2 aromatic carbocycles. The Morgan fingerprint density at radius 2 is 2.12 bits per heavy atom. The molecule has 1 saturated heterocycles. The molecule has 0 spiro atoms. The lowest BCUT2D eigenvalue weighted by Gasteiger charge is -2.38. The molecule has 0 amide bonds. The average molecular weight is 480 g/mol. The van der Waals surface area contributed by atoms with Gasteiger partial charge in [0.05, 0.1) is 43.2 Å². The highest BCUT2D eigenvalue weighted by Crippen LogP contribution is 2.39. The number of hydrogen-bond acceptors (Lipinski definition) is 4. The van der Waals surface area contributed by atoms with Crippen molar-refractivity contribution in [3.05, 3.63) is 94.1 Å². The molecule has 0 radical (unpaired) electrons. The highest BCUT2D eigenvalue weighted by Gasteiger charge is 2.30. The summed E-state index contributed by atoms with van der Waals surface area (Å²) in [5.74, 6) is 0.462. The first-order valence-corrected chi connectivity index (χ1v) is 11.8. The van der Waals surface area contributed by atoms with E-state index in [0.29, 0.717) is 11.6 Å². The molecule has 34 heavy (non-hydrogen) atoms. The van der Waals surface area contributed by atoms with Crippen LogP contribution < -0.4 is 4.74 Å². The first-order chi connectivity index (χ1) is 16.5. The summed E-state index contributed by atoms with van der Waals surface area (Å²) in [6, 6.07) is 11.0. The number of hydrogen-bond donors (Lipinski definition) is 0. The van der Waals surface area contributed by atoms with E-state index in [0.717, 1.165) is 59.8 Å². The van der Waals surface area contributed by atoms with Gasteiger partial charge in [0, 0.05) is 24.2 Å². The number of nitrogens with zero attached hydrogens (tertiary/aromatic N) is 3. The number of allylic oxidation sites excluding steroid dienone is 1. The fourth-order valence-electron chi connectivity index (χ4n) is 4.83. The molecule has 1 fully saturated rings. The summed E-state index contributed by atoms with van der Waals surface area (Å²) in [6.07, 6.45) is 10.5. The van der Waals surface area contributed by atoms with Crippen molar-refractivity contribution in [2.45, 2.75) is 32.2 Å². The second-order valence-electron chi connectivity index (χ2n) is 8.70. The van der Waals surface area contributed by atoms with Crippen molar-refractivity contribution in [3.63, 3.8) is 0 Å². The summed E-state index contributed by atoms with van der Waals surface area (Å²) in [5, 5.41) is 0.416. The normalized spacial score (nSPS) is 19.3. The van der Waals surface area contributed by atoms with Gasteiger partial charge in [0.15, 0.2) is 0 Å². The van der Waals surface area contributed by atoms with Crippen molar-refractivity contribution in [2.75, 3.05) is 20.3 Å². The maximum Gasteiger partial charge on any atom is 0.143 e. The molecule has 2 aliphatic rings. The van der Waals surface area contributed by atoms with Gasteiger partial charge in [-0.2, -0.15) is 0 Å². The minimum Gasteiger partial charge on any atom is -0.499 e. The highest BCUT2D eigenvalue weighted by molar-refractivity contribution is 6.30. The number of aromatic nitrogens is 2. The van der Waals surface area contributed by atoms with Crippen LogP contribution in [0, 0.1) is 12.7 Å². The highest BCUT2D eigenvalue weighted by atomic mass is 35.5. The third kappa shape index (κ3) is 4.55. The molecule has 0 saturated carbocycles. The van der Waals surface area contributed by atoms with Crippen LogP contribution in [0.1, 0.15) is 42.1 Å². The Labute approximate surface area is 204 Å². The van der Waals surface area contributed by atoms with E-state index in [-0.39, 0.29) is 11.9 Å². The van der Waals surface area contributed by atoms with Crippen LogP contribution in [0.5, 0.6) is 5.75 Å². The summed E-state index contributed by atoms with van der Waals surface area (Å²) in [6.45, 7) is 3.41. The molecule has 7 heteroatoms. The number of benzene rings is 2. The summed E-state index contributed by atoms with van der Waals surface area (Å²) >= 11 is 6.17. The second kappa shape index (κ2) is 9.55. The Balaban J connectivity index is 1.48. The van der Waals surface area contributed by atoms with Crippen LogP contribution in [0.15, 0.2) is 66.5 Å². The molecule has 1 aromatic heterocycles. The molecule has 3 aromatic rings. The zero-order valence-electron chi connectivity index (χ0n) is 19.3. The van der Waals surface area contributed by atoms with Gasteiger partial charge in [0.25, 0.3) is 0 Å². The molecule has 1 unspecified atom stereocenters. The first kappa shape index (κ1) is 22.5. The first-order valence-electron chi connectivity index (χ1n) is 11.5. The van der Waals surface area contributed by atoms with Crippen molar-refractivity contribution in [1.82, 2.24) is 14.5 Å². The predicted molar refractivity (Wildman–Crippen MR) is 132 cm³/mol. The van der Waals surface area contributed by atoms with Gasteiger partial charge in [0.1, 0.15) is 17.8 Å². The Hall–Kier alpha value is -3.25.